The van der Waals surface area contributed by atoms with Crippen LogP contribution in [0.25, 0.3) is 0 Å². The Morgan fingerprint density at radius 1 is 1.00 bits per heavy atom. The summed E-state index contributed by atoms with van der Waals surface area (Å²) in [5, 5.41) is 19.5. The van der Waals surface area contributed by atoms with Crippen molar-refractivity contribution in [3.8, 4) is 5.75 Å². The van der Waals surface area contributed by atoms with Crippen molar-refractivity contribution in [3.63, 3.8) is 0 Å². The topological polar surface area (TPSA) is 40.5 Å². The van der Waals surface area contributed by atoms with Gasteiger partial charge in [-0.2, -0.15) is 0 Å². The zero-order chi connectivity index (χ0) is 14.4. The number of phenolic OH excluding ortho intramolecular Hbond substituents is 1. The maximum absolute atomic E-state index is 9.76. The fourth-order valence-corrected chi connectivity index (χ4v) is 2.26. The normalized spacial score (nSPS) is 12.1. The van der Waals surface area contributed by atoms with Gasteiger partial charge in [0.05, 0.1) is 0 Å². The van der Waals surface area contributed by atoms with Crippen molar-refractivity contribution in [3.05, 3.63) is 77.9 Å². The lowest BCUT2D eigenvalue weighted by Crippen LogP contribution is -1.96. The number of aryl methyl sites for hydroxylation is 2. The zero-order valence-corrected chi connectivity index (χ0v) is 11.5. The van der Waals surface area contributed by atoms with Crippen LogP contribution < -0.4 is 0 Å². The molecule has 0 aromatic heterocycles. The van der Waals surface area contributed by atoms with E-state index in [1.54, 1.807) is 6.07 Å². The monoisotopic (exact) mass is 268 g/mol. The van der Waals surface area contributed by atoms with E-state index in [9.17, 15) is 10.2 Å². The van der Waals surface area contributed by atoms with Crippen LogP contribution in [0, 0.1) is 0 Å². The van der Waals surface area contributed by atoms with Gasteiger partial charge in [0.2, 0.25) is 0 Å². The van der Waals surface area contributed by atoms with Crippen molar-refractivity contribution < 1.29 is 10.2 Å². The molecule has 104 valence electrons. The highest BCUT2D eigenvalue weighted by atomic mass is 16.3. The molecule has 0 saturated heterocycles. The first-order chi connectivity index (χ1) is 9.70. The number of hydrogen-bond donors (Lipinski definition) is 2. The Kier molecular flexibility index (Phi) is 4.97. The fourth-order valence-electron chi connectivity index (χ4n) is 2.26. The predicted octanol–water partition coefficient (Wildman–Crippen LogP) is 3.79. The molecule has 0 heterocycles. The molecule has 0 aliphatic carbocycles. The summed E-state index contributed by atoms with van der Waals surface area (Å²) in [4.78, 5) is 0. The summed E-state index contributed by atoms with van der Waals surface area (Å²) < 4.78 is 0. The predicted molar refractivity (Wildman–Crippen MR) is 81.7 cm³/mol. The first-order valence-electron chi connectivity index (χ1n) is 6.87. The van der Waals surface area contributed by atoms with E-state index in [0.29, 0.717) is 5.56 Å². The third kappa shape index (κ3) is 3.72. The van der Waals surface area contributed by atoms with Gasteiger partial charge in [0.1, 0.15) is 11.9 Å². The second-order valence-corrected chi connectivity index (χ2v) is 4.91. The van der Waals surface area contributed by atoms with Crippen molar-refractivity contribution in [2.45, 2.75) is 25.4 Å². The summed E-state index contributed by atoms with van der Waals surface area (Å²) in [7, 11) is 0. The van der Waals surface area contributed by atoms with Crippen LogP contribution in [-0.4, -0.2) is 10.2 Å². The van der Waals surface area contributed by atoms with Crippen LogP contribution in [0.5, 0.6) is 5.75 Å². The SMILES string of the molecule is C=CC(O)c1cc(CCCc2ccccc2)ccc1O. The van der Waals surface area contributed by atoms with Gasteiger partial charge in [-0.3, -0.25) is 0 Å². The molecule has 2 rings (SSSR count). The van der Waals surface area contributed by atoms with Gasteiger partial charge in [-0.25, -0.2) is 0 Å². The third-order valence-electron chi connectivity index (χ3n) is 3.41. The number of rotatable bonds is 6. The second-order valence-electron chi connectivity index (χ2n) is 4.91. The molecule has 0 amide bonds. The van der Waals surface area contributed by atoms with Gasteiger partial charge in [0.25, 0.3) is 0 Å². The van der Waals surface area contributed by atoms with Gasteiger partial charge >= 0.3 is 0 Å². The highest BCUT2D eigenvalue weighted by Gasteiger charge is 2.09. The van der Waals surface area contributed by atoms with Gasteiger partial charge in [0, 0.05) is 5.56 Å². The Morgan fingerprint density at radius 3 is 2.40 bits per heavy atom. The molecule has 0 bridgehead atoms. The molecule has 0 aliphatic rings. The Morgan fingerprint density at radius 2 is 1.70 bits per heavy atom. The van der Waals surface area contributed by atoms with Crippen molar-refractivity contribution >= 4 is 0 Å². The van der Waals surface area contributed by atoms with Crippen LogP contribution in [-0.2, 0) is 12.8 Å². The molecular formula is C18H20O2. The number of phenols is 1. The van der Waals surface area contributed by atoms with Gasteiger partial charge < -0.3 is 10.2 Å². The Balaban J connectivity index is 1.98. The summed E-state index contributed by atoms with van der Waals surface area (Å²) in [5.41, 5.74) is 2.98. The molecule has 0 fully saturated rings. The van der Waals surface area contributed by atoms with E-state index < -0.39 is 6.10 Å². The zero-order valence-electron chi connectivity index (χ0n) is 11.5. The lowest BCUT2D eigenvalue weighted by molar-refractivity contribution is 0.224. The maximum atomic E-state index is 9.76. The Hall–Kier alpha value is -2.06. The van der Waals surface area contributed by atoms with Crippen LogP contribution >= 0.6 is 0 Å². The molecule has 0 radical (unpaired) electrons. The summed E-state index contributed by atoms with van der Waals surface area (Å²) in [5.74, 6) is 0.115. The molecule has 1 atom stereocenters. The van der Waals surface area contributed by atoms with E-state index in [2.05, 4.69) is 30.8 Å². The van der Waals surface area contributed by atoms with Crippen molar-refractivity contribution in [2.75, 3.05) is 0 Å². The average molecular weight is 268 g/mol. The van der Waals surface area contributed by atoms with E-state index in [4.69, 9.17) is 0 Å². The quantitative estimate of drug-likeness (QED) is 0.783. The molecule has 20 heavy (non-hydrogen) atoms. The van der Waals surface area contributed by atoms with E-state index in [-0.39, 0.29) is 5.75 Å². The van der Waals surface area contributed by atoms with Crippen LogP contribution in [0.1, 0.15) is 29.2 Å². The lowest BCUT2D eigenvalue weighted by Gasteiger charge is -2.10. The lowest BCUT2D eigenvalue weighted by atomic mass is 10.00. The highest BCUT2D eigenvalue weighted by molar-refractivity contribution is 5.39. The molecular weight excluding hydrogens is 248 g/mol. The number of benzene rings is 2. The Labute approximate surface area is 120 Å². The van der Waals surface area contributed by atoms with Crippen molar-refractivity contribution in [2.24, 2.45) is 0 Å². The molecule has 0 spiro atoms. The molecule has 2 aromatic rings. The summed E-state index contributed by atoms with van der Waals surface area (Å²) in [6, 6.07) is 15.8. The van der Waals surface area contributed by atoms with Crippen LogP contribution in [0.2, 0.25) is 0 Å². The van der Waals surface area contributed by atoms with E-state index in [1.807, 2.05) is 18.2 Å². The average Bonchev–Trinajstić information content (AvgIpc) is 2.49. The minimum atomic E-state index is -0.816. The molecule has 0 saturated carbocycles. The van der Waals surface area contributed by atoms with Crippen LogP contribution in [0.15, 0.2) is 61.2 Å². The van der Waals surface area contributed by atoms with E-state index in [0.717, 1.165) is 24.8 Å². The Bertz CT molecular complexity index is 561. The number of aliphatic hydroxyl groups excluding tert-OH is 1. The van der Waals surface area contributed by atoms with Crippen LogP contribution in [0.4, 0.5) is 0 Å². The van der Waals surface area contributed by atoms with Crippen LogP contribution in [0.3, 0.4) is 0 Å². The minimum Gasteiger partial charge on any atom is -0.508 e. The summed E-state index contributed by atoms with van der Waals surface area (Å²) in [6.45, 7) is 3.55. The molecule has 2 nitrogen and oxygen atoms in total. The number of hydrogen-bond acceptors (Lipinski definition) is 2. The first kappa shape index (κ1) is 14.4. The van der Waals surface area contributed by atoms with Crippen molar-refractivity contribution in [1.29, 1.82) is 0 Å². The number of aliphatic hydroxyl groups is 1. The van der Waals surface area contributed by atoms with Gasteiger partial charge in [-0.15, -0.1) is 6.58 Å². The fraction of sp³-hybridized carbons (Fsp3) is 0.222. The smallest absolute Gasteiger partial charge is 0.121 e. The molecule has 2 heteroatoms. The van der Waals surface area contributed by atoms with Gasteiger partial charge in [-0.1, -0.05) is 42.5 Å². The van der Waals surface area contributed by atoms with E-state index >= 15 is 0 Å². The first-order valence-corrected chi connectivity index (χ1v) is 6.87. The molecule has 0 aliphatic heterocycles. The minimum absolute atomic E-state index is 0.115. The summed E-state index contributed by atoms with van der Waals surface area (Å²) >= 11 is 0. The second kappa shape index (κ2) is 6.92. The maximum Gasteiger partial charge on any atom is 0.121 e. The standard InChI is InChI=1S/C18H20O2/c1-2-17(19)16-13-15(11-12-18(16)20)10-6-9-14-7-4-3-5-8-14/h2-5,7-8,11-13,17,19-20H,1,6,9-10H2. The molecule has 2 aromatic carbocycles. The molecule has 2 N–H and O–H groups in total. The summed E-state index contributed by atoms with van der Waals surface area (Å²) in [6.07, 6.45) is 3.60. The third-order valence-corrected chi connectivity index (χ3v) is 3.41. The largest absolute Gasteiger partial charge is 0.508 e. The van der Waals surface area contributed by atoms with Crippen molar-refractivity contribution in [1.82, 2.24) is 0 Å². The van der Waals surface area contributed by atoms with E-state index in [1.165, 1.54) is 11.6 Å². The number of aromatic hydroxyl groups is 1. The highest BCUT2D eigenvalue weighted by Crippen LogP contribution is 2.26. The molecule has 1 unspecified atom stereocenters. The van der Waals surface area contributed by atoms with Gasteiger partial charge in [-0.05, 0) is 42.5 Å². The van der Waals surface area contributed by atoms with Gasteiger partial charge in [0.15, 0.2) is 0 Å².